The van der Waals surface area contributed by atoms with Crippen LogP contribution in [0, 0.1) is 13.8 Å². The lowest BCUT2D eigenvalue weighted by Gasteiger charge is -2.35. The lowest BCUT2D eigenvalue weighted by Crippen LogP contribution is -2.44. The van der Waals surface area contributed by atoms with Gasteiger partial charge in [-0.25, -0.2) is 0 Å². The van der Waals surface area contributed by atoms with Crippen LogP contribution < -0.4 is 0 Å². The lowest BCUT2D eigenvalue weighted by molar-refractivity contribution is 0.0607. The summed E-state index contributed by atoms with van der Waals surface area (Å²) >= 11 is 5.85. The van der Waals surface area contributed by atoms with Gasteiger partial charge in [0, 0.05) is 18.5 Å². The van der Waals surface area contributed by atoms with Crippen LogP contribution in [-0.4, -0.2) is 39.5 Å². The van der Waals surface area contributed by atoms with Gasteiger partial charge in [0.05, 0.1) is 17.0 Å². The van der Waals surface area contributed by atoms with Gasteiger partial charge in [0.1, 0.15) is 0 Å². The van der Waals surface area contributed by atoms with E-state index in [1.54, 1.807) is 0 Å². The first kappa shape index (κ1) is 14.3. The van der Waals surface area contributed by atoms with Gasteiger partial charge >= 0.3 is 0 Å². The monoisotopic (exact) mass is 281 g/mol. The van der Waals surface area contributed by atoms with E-state index in [1.807, 2.05) is 24.8 Å². The molecule has 1 aromatic heterocycles. The fourth-order valence-corrected chi connectivity index (χ4v) is 2.87. The van der Waals surface area contributed by atoms with Gasteiger partial charge in [-0.3, -0.25) is 4.79 Å². The van der Waals surface area contributed by atoms with Crippen LogP contribution in [0.1, 0.15) is 47.4 Å². The molecule has 1 atom stereocenters. The molecule has 0 aromatic carbocycles. The average molecular weight is 282 g/mol. The molecule has 2 rings (SSSR count). The molecule has 0 saturated carbocycles. The Kier molecular flexibility index (Phi) is 4.75. The molecule has 2 heterocycles. The third kappa shape index (κ3) is 3.24. The number of likely N-dealkylation sites (tertiary alicyclic amines) is 1. The quantitative estimate of drug-likeness (QED) is 0.800. The number of carbonyl (C=O) groups is 1. The van der Waals surface area contributed by atoms with E-state index < -0.39 is 0 Å². The number of amides is 1. The van der Waals surface area contributed by atoms with Crippen molar-refractivity contribution in [3.63, 3.8) is 0 Å². The number of carbonyl (C=O) groups excluding carboxylic acids is 1. The number of aryl methyl sites for hydroxylation is 2. The van der Waals surface area contributed by atoms with Crippen LogP contribution in [0.2, 0.25) is 0 Å². The van der Waals surface area contributed by atoms with E-state index in [4.69, 9.17) is 11.6 Å². The molecule has 1 amide bonds. The second-order valence-corrected chi connectivity index (χ2v) is 5.49. The van der Waals surface area contributed by atoms with Gasteiger partial charge in [0.2, 0.25) is 0 Å². The second kappa shape index (κ2) is 6.33. The predicted molar refractivity (Wildman–Crippen MR) is 75.5 cm³/mol. The molecule has 1 saturated heterocycles. The fourth-order valence-electron chi connectivity index (χ4n) is 2.62. The zero-order chi connectivity index (χ0) is 13.8. The first-order valence-corrected chi connectivity index (χ1v) is 7.35. The van der Waals surface area contributed by atoms with Gasteiger partial charge in [-0.05, 0) is 45.6 Å². The molecule has 0 radical (unpaired) electrons. The highest BCUT2D eigenvalue weighted by atomic mass is 35.5. The predicted octanol–water partition coefficient (Wildman–Crippen LogP) is 2.72. The lowest BCUT2D eigenvalue weighted by atomic mass is 9.98. The first-order valence-electron chi connectivity index (χ1n) is 6.81. The Hall–Kier alpha value is -1.16. The highest BCUT2D eigenvalue weighted by Gasteiger charge is 2.28. The average Bonchev–Trinajstić information content (AvgIpc) is 2.42. The van der Waals surface area contributed by atoms with Gasteiger partial charge in [0.15, 0.2) is 0 Å². The Morgan fingerprint density at radius 3 is 2.95 bits per heavy atom. The van der Waals surface area contributed by atoms with E-state index in [1.165, 1.54) is 6.42 Å². The minimum Gasteiger partial charge on any atom is -0.336 e. The van der Waals surface area contributed by atoms with Gasteiger partial charge < -0.3 is 4.90 Å². The standard InChI is InChI=1S/C14H20ClN3O/c1-10-9-13(11(2)17-16-10)14(19)18-8-4-3-5-12(18)6-7-15/h9,12H,3-8H2,1-2H3. The Labute approximate surface area is 119 Å². The minimum atomic E-state index is 0.0744. The fraction of sp³-hybridized carbons (Fsp3) is 0.643. The van der Waals surface area contributed by atoms with Crippen LogP contribution in [-0.2, 0) is 0 Å². The Morgan fingerprint density at radius 1 is 1.42 bits per heavy atom. The minimum absolute atomic E-state index is 0.0744. The summed E-state index contributed by atoms with van der Waals surface area (Å²) in [6.45, 7) is 4.51. The highest BCUT2D eigenvalue weighted by Crippen LogP contribution is 2.23. The van der Waals surface area contributed by atoms with E-state index in [-0.39, 0.29) is 11.9 Å². The molecule has 0 spiro atoms. The summed E-state index contributed by atoms with van der Waals surface area (Å²) in [6.07, 6.45) is 4.16. The molecule has 5 heteroatoms. The van der Waals surface area contributed by atoms with Crippen molar-refractivity contribution in [2.75, 3.05) is 12.4 Å². The number of nitrogens with zero attached hydrogens (tertiary/aromatic N) is 3. The van der Waals surface area contributed by atoms with Crippen LogP contribution in [0.4, 0.5) is 0 Å². The van der Waals surface area contributed by atoms with Crippen molar-refractivity contribution in [2.45, 2.75) is 45.6 Å². The van der Waals surface area contributed by atoms with Gasteiger partial charge in [-0.1, -0.05) is 0 Å². The number of hydrogen-bond acceptors (Lipinski definition) is 3. The number of piperidine rings is 1. The van der Waals surface area contributed by atoms with E-state index in [2.05, 4.69) is 10.2 Å². The molecular weight excluding hydrogens is 262 g/mol. The summed E-state index contributed by atoms with van der Waals surface area (Å²) in [7, 11) is 0. The van der Waals surface area contributed by atoms with Crippen molar-refractivity contribution in [2.24, 2.45) is 0 Å². The molecule has 1 aliphatic heterocycles. The molecule has 1 fully saturated rings. The van der Waals surface area contributed by atoms with Crippen LogP contribution in [0.15, 0.2) is 6.07 Å². The van der Waals surface area contributed by atoms with Gasteiger partial charge in [-0.15, -0.1) is 11.6 Å². The third-order valence-electron chi connectivity index (χ3n) is 3.66. The smallest absolute Gasteiger partial charge is 0.256 e. The molecule has 1 unspecified atom stereocenters. The summed E-state index contributed by atoms with van der Waals surface area (Å²) in [5.74, 6) is 0.673. The SMILES string of the molecule is Cc1cc(C(=O)N2CCCCC2CCCl)c(C)nn1. The molecule has 1 aromatic rings. The Bertz CT molecular complexity index is 462. The van der Waals surface area contributed by atoms with Crippen molar-refractivity contribution < 1.29 is 4.79 Å². The van der Waals surface area contributed by atoms with Gasteiger partial charge in [0.25, 0.3) is 5.91 Å². The Balaban J connectivity index is 2.23. The number of hydrogen-bond donors (Lipinski definition) is 0. The second-order valence-electron chi connectivity index (χ2n) is 5.11. The molecule has 0 aliphatic carbocycles. The first-order chi connectivity index (χ1) is 9.13. The van der Waals surface area contributed by atoms with E-state index in [9.17, 15) is 4.79 Å². The molecule has 104 valence electrons. The van der Waals surface area contributed by atoms with Crippen molar-refractivity contribution in [1.29, 1.82) is 0 Å². The van der Waals surface area contributed by atoms with Crippen LogP contribution in [0.25, 0.3) is 0 Å². The number of rotatable bonds is 3. The number of alkyl halides is 1. The van der Waals surface area contributed by atoms with E-state index >= 15 is 0 Å². The van der Waals surface area contributed by atoms with Crippen LogP contribution in [0.3, 0.4) is 0 Å². The summed E-state index contributed by atoms with van der Waals surface area (Å²) < 4.78 is 0. The maximum atomic E-state index is 12.7. The highest BCUT2D eigenvalue weighted by molar-refractivity contribution is 6.17. The van der Waals surface area contributed by atoms with Crippen LogP contribution >= 0.6 is 11.6 Å². The van der Waals surface area contributed by atoms with Crippen molar-refractivity contribution in [3.05, 3.63) is 23.0 Å². The van der Waals surface area contributed by atoms with Crippen LogP contribution in [0.5, 0.6) is 0 Å². The molecule has 0 N–H and O–H groups in total. The molecule has 4 nitrogen and oxygen atoms in total. The summed E-state index contributed by atoms with van der Waals surface area (Å²) in [5.41, 5.74) is 2.15. The zero-order valence-corrected chi connectivity index (χ0v) is 12.3. The van der Waals surface area contributed by atoms with Crippen molar-refractivity contribution >= 4 is 17.5 Å². The van der Waals surface area contributed by atoms with Crippen molar-refractivity contribution in [3.8, 4) is 0 Å². The van der Waals surface area contributed by atoms with E-state index in [0.717, 1.165) is 31.5 Å². The molecule has 19 heavy (non-hydrogen) atoms. The van der Waals surface area contributed by atoms with Gasteiger partial charge in [-0.2, -0.15) is 10.2 Å². The Morgan fingerprint density at radius 2 is 2.21 bits per heavy atom. The number of halogens is 1. The third-order valence-corrected chi connectivity index (χ3v) is 3.88. The van der Waals surface area contributed by atoms with Crippen molar-refractivity contribution in [1.82, 2.24) is 15.1 Å². The topological polar surface area (TPSA) is 46.1 Å². The normalized spacial score (nSPS) is 19.5. The molecule has 1 aliphatic rings. The maximum absolute atomic E-state index is 12.7. The largest absolute Gasteiger partial charge is 0.336 e. The summed E-state index contributed by atoms with van der Waals surface area (Å²) in [5, 5.41) is 8.02. The summed E-state index contributed by atoms with van der Waals surface area (Å²) in [4.78, 5) is 14.6. The molecular formula is C14H20ClN3O. The van der Waals surface area contributed by atoms with E-state index in [0.29, 0.717) is 17.1 Å². The maximum Gasteiger partial charge on any atom is 0.256 e. The molecule has 0 bridgehead atoms. The zero-order valence-electron chi connectivity index (χ0n) is 11.5. The summed E-state index contributed by atoms with van der Waals surface area (Å²) in [6, 6.07) is 2.10. The number of aromatic nitrogens is 2.